The molecule has 34 heavy (non-hydrogen) atoms. The van der Waals surface area contributed by atoms with Crippen molar-refractivity contribution in [2.75, 3.05) is 12.4 Å². The number of rotatable bonds is 3. The number of hydrogen-bond acceptors (Lipinski definition) is 6. The monoisotopic (exact) mass is 475 g/mol. The second-order valence-electron chi connectivity index (χ2n) is 8.46. The fourth-order valence-electron chi connectivity index (χ4n) is 4.54. The van der Waals surface area contributed by atoms with Crippen LogP contribution in [0.2, 0.25) is 0 Å². The Morgan fingerprint density at radius 3 is 2.88 bits per heavy atom. The first-order valence-corrected chi connectivity index (χ1v) is 11.9. The Balaban J connectivity index is 1.52. The fraction of sp³-hybridized carbons (Fsp3) is 0.280. The number of nitriles is 1. The molecule has 1 aromatic heterocycles. The molecule has 0 saturated carbocycles. The van der Waals surface area contributed by atoms with Crippen LogP contribution in [0, 0.1) is 23.1 Å². The van der Waals surface area contributed by atoms with Crippen LogP contribution in [0.4, 0.5) is 4.39 Å². The molecule has 0 unspecified atom stereocenters. The van der Waals surface area contributed by atoms with Crippen LogP contribution in [0.1, 0.15) is 39.6 Å². The van der Waals surface area contributed by atoms with E-state index < -0.39 is 11.4 Å². The van der Waals surface area contributed by atoms with Gasteiger partial charge < -0.3 is 10.1 Å². The summed E-state index contributed by atoms with van der Waals surface area (Å²) in [6, 6.07) is 15.2. The minimum Gasteiger partial charge on any atom is -0.370 e. The van der Waals surface area contributed by atoms with Crippen LogP contribution < -0.4 is 5.32 Å². The van der Waals surface area contributed by atoms with Gasteiger partial charge in [-0.25, -0.2) is 9.38 Å². The van der Waals surface area contributed by atoms with Gasteiger partial charge in [-0.15, -0.1) is 0 Å². The number of carbonyl (C=O) groups is 1. The van der Waals surface area contributed by atoms with Crippen LogP contribution in [0.15, 0.2) is 65.9 Å². The molecule has 9 heteroatoms. The van der Waals surface area contributed by atoms with E-state index in [4.69, 9.17) is 9.73 Å². The van der Waals surface area contributed by atoms with E-state index in [2.05, 4.69) is 16.5 Å². The maximum absolute atomic E-state index is 15.2. The Kier molecular flexibility index (Phi) is 5.94. The number of halogens is 1. The molecular weight excluding hydrogens is 453 g/mol. The quantitative estimate of drug-likeness (QED) is 0.620. The first-order valence-electron chi connectivity index (χ1n) is 10.9. The lowest BCUT2D eigenvalue weighted by Gasteiger charge is -2.46. The van der Waals surface area contributed by atoms with Gasteiger partial charge in [-0.2, -0.15) is 10.4 Å². The number of aryl methyl sites for hydroxylation is 1. The van der Waals surface area contributed by atoms with Crippen molar-refractivity contribution in [3.05, 3.63) is 89.0 Å². The summed E-state index contributed by atoms with van der Waals surface area (Å²) in [4.78, 5) is 17.7. The van der Waals surface area contributed by atoms with Gasteiger partial charge in [0.25, 0.3) is 5.91 Å². The number of carbonyl (C=O) groups excluding carboxylic acids is 1. The van der Waals surface area contributed by atoms with Gasteiger partial charge in [0.2, 0.25) is 0 Å². The molecule has 3 heterocycles. The van der Waals surface area contributed by atoms with Crippen molar-refractivity contribution in [2.24, 2.45) is 18.0 Å². The fourth-order valence-corrected chi connectivity index (χ4v) is 5.70. The average Bonchev–Trinajstić information content (AvgIpc) is 3.30. The minimum atomic E-state index is -1.06. The molecule has 5 rings (SSSR count). The number of amidine groups is 1. The van der Waals surface area contributed by atoms with E-state index in [9.17, 15) is 10.1 Å². The second kappa shape index (κ2) is 9.05. The molecule has 0 radical (unpaired) electrons. The van der Waals surface area contributed by atoms with E-state index in [1.165, 1.54) is 23.9 Å². The third-order valence-corrected chi connectivity index (χ3v) is 7.35. The topological polar surface area (TPSA) is 92.3 Å². The molecule has 172 valence electrons. The second-order valence-corrected chi connectivity index (χ2v) is 9.47. The maximum atomic E-state index is 15.2. The van der Waals surface area contributed by atoms with Crippen LogP contribution in [-0.4, -0.2) is 33.2 Å². The predicted molar refractivity (Wildman–Crippen MR) is 127 cm³/mol. The van der Waals surface area contributed by atoms with Gasteiger partial charge in [0.05, 0.1) is 30.5 Å². The van der Waals surface area contributed by atoms with Crippen LogP contribution in [0.5, 0.6) is 0 Å². The number of hydrogen-bond donors (Lipinski definition) is 1. The van der Waals surface area contributed by atoms with Gasteiger partial charge in [-0.1, -0.05) is 30.0 Å². The van der Waals surface area contributed by atoms with E-state index in [1.807, 2.05) is 19.3 Å². The lowest BCUT2D eigenvalue weighted by Crippen LogP contribution is -2.49. The zero-order chi connectivity index (χ0) is 23.7. The molecule has 1 fully saturated rings. The third kappa shape index (κ3) is 4.11. The summed E-state index contributed by atoms with van der Waals surface area (Å²) in [7, 11) is 1.85. The molecule has 3 atom stereocenters. The Bertz CT molecular complexity index is 1300. The summed E-state index contributed by atoms with van der Waals surface area (Å²) in [6.45, 7) is 0.119. The highest BCUT2D eigenvalue weighted by Gasteiger charge is 2.50. The van der Waals surface area contributed by atoms with Gasteiger partial charge >= 0.3 is 0 Å². The number of nitrogens with one attached hydrogen (secondary N) is 1. The van der Waals surface area contributed by atoms with E-state index in [1.54, 1.807) is 41.2 Å². The Morgan fingerprint density at radius 1 is 1.32 bits per heavy atom. The van der Waals surface area contributed by atoms with Gasteiger partial charge in [0, 0.05) is 41.6 Å². The molecule has 1 saturated heterocycles. The van der Waals surface area contributed by atoms with Crippen LogP contribution in [0.25, 0.3) is 0 Å². The van der Waals surface area contributed by atoms with Crippen molar-refractivity contribution in [1.29, 1.82) is 5.26 Å². The third-order valence-electron chi connectivity index (χ3n) is 6.32. The first kappa shape index (κ1) is 22.3. The van der Waals surface area contributed by atoms with Gasteiger partial charge in [0.1, 0.15) is 11.4 Å². The molecule has 3 aromatic rings. The highest BCUT2D eigenvalue weighted by atomic mass is 32.2. The van der Waals surface area contributed by atoms with E-state index >= 15 is 4.39 Å². The zero-order valence-electron chi connectivity index (χ0n) is 18.4. The van der Waals surface area contributed by atoms with Crippen LogP contribution >= 0.6 is 11.8 Å². The van der Waals surface area contributed by atoms with Crippen molar-refractivity contribution >= 4 is 22.8 Å². The summed E-state index contributed by atoms with van der Waals surface area (Å²) < 4.78 is 23.2. The highest BCUT2D eigenvalue weighted by Crippen LogP contribution is 2.49. The van der Waals surface area contributed by atoms with Gasteiger partial charge in [0.15, 0.2) is 5.17 Å². The van der Waals surface area contributed by atoms with Gasteiger partial charge in [-0.05, 0) is 36.8 Å². The van der Waals surface area contributed by atoms with Crippen LogP contribution in [0.3, 0.4) is 0 Å². The molecule has 2 aliphatic rings. The van der Waals surface area contributed by atoms with Crippen molar-refractivity contribution in [3.8, 4) is 6.07 Å². The number of amides is 1. The summed E-state index contributed by atoms with van der Waals surface area (Å²) >= 11 is 1.44. The number of nitrogens with zero attached hydrogens (tertiary/aromatic N) is 4. The molecule has 2 aromatic carbocycles. The minimum absolute atomic E-state index is 0.0720. The first-order chi connectivity index (χ1) is 16.5. The molecule has 0 bridgehead atoms. The molecule has 1 N–H and O–H groups in total. The summed E-state index contributed by atoms with van der Waals surface area (Å²) in [5, 5.41) is 17.0. The SMILES string of the molecule is Cn1cc([C@H]2C[C@H]3CSC(NC(=O)c4ccccc4)=N[C@@]3(c3cc(C#N)ccc3F)CO2)cn1. The van der Waals surface area contributed by atoms with Crippen molar-refractivity contribution in [1.82, 2.24) is 15.1 Å². The summed E-state index contributed by atoms with van der Waals surface area (Å²) in [5.41, 5.74) is 1.08. The van der Waals surface area contributed by atoms with Gasteiger partial charge in [-0.3, -0.25) is 9.48 Å². The lowest BCUT2D eigenvalue weighted by molar-refractivity contribution is -0.0588. The van der Waals surface area contributed by atoms with Crippen molar-refractivity contribution in [2.45, 2.75) is 18.1 Å². The lowest BCUT2D eigenvalue weighted by atomic mass is 9.74. The summed E-state index contributed by atoms with van der Waals surface area (Å²) in [5.74, 6) is -0.185. The molecule has 1 amide bonds. The van der Waals surface area contributed by atoms with Crippen molar-refractivity contribution in [3.63, 3.8) is 0 Å². The van der Waals surface area contributed by atoms with Crippen molar-refractivity contribution < 1.29 is 13.9 Å². The smallest absolute Gasteiger partial charge is 0.257 e. The average molecular weight is 476 g/mol. The highest BCUT2D eigenvalue weighted by molar-refractivity contribution is 8.13. The number of thioether (sulfide) groups is 1. The number of fused-ring (bicyclic) bond motifs is 1. The molecule has 0 spiro atoms. The molecule has 2 aliphatic heterocycles. The largest absolute Gasteiger partial charge is 0.370 e. The maximum Gasteiger partial charge on any atom is 0.257 e. The summed E-state index contributed by atoms with van der Waals surface area (Å²) in [6.07, 6.45) is 4.11. The molecule has 7 nitrogen and oxygen atoms in total. The Morgan fingerprint density at radius 2 is 2.15 bits per heavy atom. The standard InChI is InChI=1S/C25H22FN5O2S/c1-31-13-18(12-28-31)22-10-19-14-34-24(29-23(32)17-5-3-2-4-6-17)30-25(19,15-33-22)20-9-16(11-27)7-8-21(20)26/h2-9,12-13,19,22H,10,14-15H2,1H3,(H,29,30,32)/t19-,22+,25-/m0/s1. The number of aromatic nitrogens is 2. The Hall–Kier alpha value is -3.48. The Labute approximate surface area is 200 Å². The van der Waals surface area contributed by atoms with E-state index in [0.717, 1.165) is 5.56 Å². The number of benzene rings is 2. The normalized spacial score (nSPS) is 24.0. The predicted octanol–water partition coefficient (Wildman–Crippen LogP) is 3.94. The molecular formula is C25H22FN5O2S. The number of aliphatic imine (C=N–C) groups is 1. The zero-order valence-corrected chi connectivity index (χ0v) is 19.3. The van der Waals surface area contributed by atoms with E-state index in [-0.39, 0.29) is 24.5 Å². The molecule has 0 aliphatic carbocycles. The number of ether oxygens (including phenoxy) is 1. The van der Waals surface area contributed by atoms with E-state index in [0.29, 0.717) is 34.0 Å². The van der Waals surface area contributed by atoms with Crippen LogP contribution in [-0.2, 0) is 17.3 Å².